The van der Waals surface area contributed by atoms with E-state index in [1.165, 1.54) is 4.90 Å². The standard InChI is InChI=1S/C34H41BN2O7/c1-2-9-24-20-26-32(34(42)37(33(26)41)17-7-3-4-13-30(39)40)27-21-35(43)44-29(31(24)27)15-14-23(28-12-5-6-16-36-28)18-22-10-8-11-25(38)19-22/h5-6,8,10-12,16,18-19,26-27,29,32,38,43H,2-4,7,9,13-15,17,20-21H2,1H3,(H,39,40)/b23-18-/t26-,27+,29-,32-/m1/s1. The zero-order chi connectivity index (χ0) is 31.2. The van der Waals surface area contributed by atoms with Crippen LogP contribution in [0.5, 0.6) is 5.75 Å². The van der Waals surface area contributed by atoms with Gasteiger partial charge in [0.25, 0.3) is 0 Å². The highest BCUT2D eigenvalue weighted by Gasteiger charge is 2.56. The summed E-state index contributed by atoms with van der Waals surface area (Å²) >= 11 is 0. The lowest BCUT2D eigenvalue weighted by atomic mass is 9.58. The van der Waals surface area contributed by atoms with Gasteiger partial charge in [0.2, 0.25) is 11.8 Å². The average molecular weight is 601 g/mol. The molecular weight excluding hydrogens is 559 g/mol. The van der Waals surface area contributed by atoms with Crippen molar-refractivity contribution in [2.75, 3.05) is 6.54 Å². The Kier molecular flexibility index (Phi) is 10.3. The SMILES string of the molecule is CCCC1=C2[C@@H](CC/C(=C/c3cccc(O)c3)c3ccccn3)OB(O)C[C@@H]2[C@@H]2C(=O)N(CCCCCC(=O)O)C(=O)[C@@H]2C1. The highest BCUT2D eigenvalue weighted by Crippen LogP contribution is 2.51. The molecule has 10 heteroatoms. The molecule has 3 aliphatic rings. The Hall–Kier alpha value is -3.76. The van der Waals surface area contributed by atoms with E-state index in [4.69, 9.17) is 9.76 Å². The van der Waals surface area contributed by atoms with E-state index in [9.17, 15) is 24.5 Å². The Labute approximate surface area is 258 Å². The van der Waals surface area contributed by atoms with Gasteiger partial charge in [-0.25, -0.2) is 0 Å². The van der Waals surface area contributed by atoms with Crippen LogP contribution in [0.25, 0.3) is 11.6 Å². The Morgan fingerprint density at radius 2 is 1.93 bits per heavy atom. The minimum absolute atomic E-state index is 0.0766. The van der Waals surface area contributed by atoms with Crippen molar-refractivity contribution in [3.05, 3.63) is 71.1 Å². The second kappa shape index (κ2) is 14.4. The van der Waals surface area contributed by atoms with Gasteiger partial charge in [-0.3, -0.25) is 24.3 Å². The third kappa shape index (κ3) is 7.13. The van der Waals surface area contributed by atoms with Crippen molar-refractivity contribution in [2.45, 2.75) is 77.1 Å². The number of phenols is 1. The summed E-state index contributed by atoms with van der Waals surface area (Å²) in [7, 11) is -1.04. The number of aliphatic carboxylic acids is 1. The molecule has 1 aliphatic carbocycles. The molecule has 4 atom stereocenters. The van der Waals surface area contributed by atoms with E-state index in [0.717, 1.165) is 40.8 Å². The van der Waals surface area contributed by atoms with Crippen molar-refractivity contribution in [1.29, 1.82) is 0 Å². The van der Waals surface area contributed by atoms with Crippen LogP contribution in [0.1, 0.15) is 76.0 Å². The van der Waals surface area contributed by atoms with Crippen LogP contribution in [0.4, 0.5) is 0 Å². The number of likely N-dealkylation sites (tertiary alicyclic amines) is 1. The number of benzene rings is 1. The molecule has 0 unspecified atom stereocenters. The molecule has 0 bridgehead atoms. The van der Waals surface area contributed by atoms with Crippen LogP contribution in [0.3, 0.4) is 0 Å². The van der Waals surface area contributed by atoms with Gasteiger partial charge in [-0.2, -0.15) is 0 Å². The number of phenolic OH excluding ortho intramolecular Hbond substituents is 1. The van der Waals surface area contributed by atoms with Crippen LogP contribution < -0.4 is 0 Å². The van der Waals surface area contributed by atoms with E-state index in [1.807, 2.05) is 30.3 Å². The number of carboxylic acid groups (broad SMARTS) is 1. The maximum Gasteiger partial charge on any atom is 0.455 e. The molecule has 9 nitrogen and oxygen atoms in total. The molecule has 0 radical (unpaired) electrons. The van der Waals surface area contributed by atoms with Crippen molar-refractivity contribution >= 4 is 36.6 Å². The Bertz CT molecular complexity index is 1430. The maximum atomic E-state index is 13.8. The van der Waals surface area contributed by atoms with E-state index in [-0.39, 0.29) is 36.2 Å². The van der Waals surface area contributed by atoms with Gasteiger partial charge in [-0.1, -0.05) is 43.5 Å². The summed E-state index contributed by atoms with van der Waals surface area (Å²) in [6.45, 7) is 2.40. The fraction of sp³-hybridized carbons (Fsp3) is 0.471. The van der Waals surface area contributed by atoms with E-state index in [2.05, 4.69) is 11.9 Å². The first-order valence-corrected chi connectivity index (χ1v) is 15.8. The number of imide groups is 1. The largest absolute Gasteiger partial charge is 0.508 e. The van der Waals surface area contributed by atoms with Crippen molar-refractivity contribution in [1.82, 2.24) is 9.88 Å². The zero-order valence-corrected chi connectivity index (χ0v) is 25.2. The monoisotopic (exact) mass is 600 g/mol. The van der Waals surface area contributed by atoms with Crippen LogP contribution in [0.2, 0.25) is 6.32 Å². The lowest BCUT2D eigenvalue weighted by Crippen LogP contribution is -2.46. The summed E-state index contributed by atoms with van der Waals surface area (Å²) in [5.41, 5.74) is 4.85. The highest BCUT2D eigenvalue weighted by atomic mass is 16.5. The van der Waals surface area contributed by atoms with Crippen molar-refractivity contribution in [3.63, 3.8) is 0 Å². The summed E-state index contributed by atoms with van der Waals surface area (Å²) in [5, 5.41) is 29.8. The first kappa shape index (κ1) is 31.7. The first-order chi connectivity index (χ1) is 21.3. The molecule has 3 heterocycles. The molecule has 44 heavy (non-hydrogen) atoms. The number of pyridine rings is 1. The Morgan fingerprint density at radius 3 is 2.66 bits per heavy atom. The first-order valence-electron chi connectivity index (χ1n) is 15.8. The minimum Gasteiger partial charge on any atom is -0.508 e. The molecule has 2 amide bonds. The molecule has 2 saturated heterocycles. The topological polar surface area (TPSA) is 137 Å². The Balaban J connectivity index is 1.38. The summed E-state index contributed by atoms with van der Waals surface area (Å²) in [6.07, 6.45) is 8.78. The van der Waals surface area contributed by atoms with Crippen LogP contribution in [0.15, 0.2) is 59.8 Å². The quantitative estimate of drug-likeness (QED) is 0.121. The summed E-state index contributed by atoms with van der Waals surface area (Å²) in [4.78, 5) is 44.1. The lowest BCUT2D eigenvalue weighted by Gasteiger charge is -2.43. The smallest absolute Gasteiger partial charge is 0.455 e. The second-order valence-corrected chi connectivity index (χ2v) is 12.1. The van der Waals surface area contributed by atoms with Gasteiger partial charge in [-0.05, 0) is 97.8 Å². The fourth-order valence-corrected chi connectivity index (χ4v) is 7.24. The van der Waals surface area contributed by atoms with Crippen LogP contribution in [-0.2, 0) is 19.0 Å². The van der Waals surface area contributed by atoms with E-state index < -0.39 is 31.0 Å². The normalized spacial score (nSPS) is 23.6. The summed E-state index contributed by atoms with van der Waals surface area (Å²) in [5.74, 6) is -2.21. The van der Waals surface area contributed by atoms with Gasteiger partial charge in [0.1, 0.15) is 5.75 Å². The number of carboxylic acids is 1. The molecule has 0 spiro atoms. The van der Waals surface area contributed by atoms with Gasteiger partial charge < -0.3 is 19.9 Å². The fourth-order valence-electron chi connectivity index (χ4n) is 7.24. The number of hydrogen-bond donors (Lipinski definition) is 3. The molecule has 3 N–H and O–H groups in total. The third-order valence-corrected chi connectivity index (χ3v) is 9.10. The molecule has 1 aromatic carbocycles. The Morgan fingerprint density at radius 1 is 1.09 bits per heavy atom. The van der Waals surface area contributed by atoms with Crippen molar-refractivity contribution < 1.29 is 34.3 Å². The minimum atomic E-state index is -1.04. The molecule has 0 saturated carbocycles. The van der Waals surface area contributed by atoms with Gasteiger partial charge in [-0.15, -0.1) is 0 Å². The number of rotatable bonds is 13. The molecule has 1 aromatic heterocycles. The number of hydrogen-bond acceptors (Lipinski definition) is 7. The molecule has 2 aliphatic heterocycles. The zero-order valence-electron chi connectivity index (χ0n) is 25.2. The van der Waals surface area contributed by atoms with Gasteiger partial charge in [0.15, 0.2) is 0 Å². The van der Waals surface area contributed by atoms with Crippen molar-refractivity contribution in [3.8, 4) is 5.75 Å². The molecule has 232 valence electrons. The third-order valence-electron chi connectivity index (χ3n) is 9.10. The predicted molar refractivity (Wildman–Crippen MR) is 167 cm³/mol. The predicted octanol–water partition coefficient (Wildman–Crippen LogP) is 5.35. The molecule has 2 fully saturated rings. The molecular formula is C34H41BN2O7. The number of amides is 2. The number of aromatic nitrogens is 1. The van der Waals surface area contributed by atoms with Gasteiger partial charge >= 0.3 is 13.1 Å². The van der Waals surface area contributed by atoms with Crippen LogP contribution >= 0.6 is 0 Å². The van der Waals surface area contributed by atoms with E-state index >= 15 is 0 Å². The summed E-state index contributed by atoms with van der Waals surface area (Å²) in [6, 6.07) is 12.8. The second-order valence-electron chi connectivity index (χ2n) is 12.1. The van der Waals surface area contributed by atoms with Crippen LogP contribution in [-0.4, -0.2) is 62.7 Å². The van der Waals surface area contributed by atoms with Gasteiger partial charge in [0.05, 0.1) is 23.6 Å². The number of nitrogens with zero attached hydrogens (tertiary/aromatic N) is 2. The van der Waals surface area contributed by atoms with E-state index in [1.54, 1.807) is 24.4 Å². The van der Waals surface area contributed by atoms with Crippen molar-refractivity contribution in [2.24, 2.45) is 17.8 Å². The number of fused-ring (bicyclic) bond motifs is 3. The van der Waals surface area contributed by atoms with Crippen LogP contribution in [0, 0.1) is 17.8 Å². The highest BCUT2D eigenvalue weighted by molar-refractivity contribution is 6.43. The number of carbonyl (C=O) groups excluding carboxylic acids is 2. The van der Waals surface area contributed by atoms with Gasteiger partial charge in [0, 0.05) is 19.2 Å². The molecule has 5 rings (SSSR count). The maximum absolute atomic E-state index is 13.8. The number of aromatic hydroxyl groups is 1. The lowest BCUT2D eigenvalue weighted by molar-refractivity contribution is -0.141. The summed E-state index contributed by atoms with van der Waals surface area (Å²) < 4.78 is 6.19. The van der Waals surface area contributed by atoms with E-state index in [0.29, 0.717) is 45.1 Å². The average Bonchev–Trinajstić information content (AvgIpc) is 3.23. The number of allylic oxidation sites excluding steroid dienone is 2. The molecule has 2 aromatic rings. The number of carbonyl (C=O) groups is 3. The number of unbranched alkanes of at least 4 members (excludes halogenated alkanes) is 2.